The average molecular weight is 269 g/mol. The number of hydrogen-bond acceptors (Lipinski definition) is 5. The lowest BCUT2D eigenvalue weighted by molar-refractivity contribution is 0.245. The summed E-state index contributed by atoms with van der Waals surface area (Å²) in [5.74, 6) is 4.34. The molecule has 0 radical (unpaired) electrons. The molecule has 1 aromatic heterocycles. The average Bonchev–Trinajstić information content (AvgIpc) is 2.79. The van der Waals surface area contributed by atoms with Gasteiger partial charge in [-0.3, -0.25) is 0 Å². The van der Waals surface area contributed by atoms with Gasteiger partial charge in [0.25, 0.3) is 0 Å². The van der Waals surface area contributed by atoms with Gasteiger partial charge in [0.1, 0.15) is 0 Å². The number of piperidine rings is 1. The van der Waals surface area contributed by atoms with E-state index in [2.05, 4.69) is 36.2 Å². The molecule has 0 saturated carbocycles. The molecule has 102 valence electrons. The molecule has 1 atom stereocenters. The fraction of sp³-hybridized carbons (Fsp3) is 0.846. The molecule has 1 aromatic rings. The first-order valence-electron chi connectivity index (χ1n) is 6.72. The van der Waals surface area contributed by atoms with E-state index in [9.17, 15) is 0 Å². The van der Waals surface area contributed by atoms with Crippen LogP contribution in [-0.4, -0.2) is 29.0 Å². The predicted octanol–water partition coefficient (Wildman–Crippen LogP) is 2.60. The fourth-order valence-corrected chi connectivity index (χ4v) is 3.07. The molecule has 1 aliphatic heterocycles. The molecule has 1 N–H and O–H groups in total. The molecule has 5 heteroatoms. The second kappa shape index (κ2) is 6.06. The molecule has 2 heterocycles. The summed E-state index contributed by atoms with van der Waals surface area (Å²) in [6.07, 6.45) is 2.30. The van der Waals surface area contributed by atoms with Crippen molar-refractivity contribution in [1.29, 1.82) is 0 Å². The largest absolute Gasteiger partial charge is 0.339 e. The van der Waals surface area contributed by atoms with E-state index in [0.717, 1.165) is 42.7 Å². The first kappa shape index (κ1) is 13.9. The van der Waals surface area contributed by atoms with Crippen molar-refractivity contribution in [2.45, 2.75) is 44.8 Å². The van der Waals surface area contributed by atoms with Gasteiger partial charge in [0.05, 0.1) is 11.2 Å². The van der Waals surface area contributed by atoms with Crippen LogP contribution in [0.2, 0.25) is 0 Å². The third-order valence-electron chi connectivity index (χ3n) is 3.26. The van der Waals surface area contributed by atoms with Gasteiger partial charge in [0, 0.05) is 6.54 Å². The van der Waals surface area contributed by atoms with Gasteiger partial charge < -0.3 is 9.84 Å². The van der Waals surface area contributed by atoms with Gasteiger partial charge in [-0.25, -0.2) is 0 Å². The highest BCUT2D eigenvalue weighted by atomic mass is 32.2. The van der Waals surface area contributed by atoms with Crippen molar-refractivity contribution < 1.29 is 4.52 Å². The lowest BCUT2D eigenvalue weighted by Crippen LogP contribution is -2.41. The molecule has 0 aromatic carbocycles. The van der Waals surface area contributed by atoms with Gasteiger partial charge in [-0.15, -0.1) is 0 Å². The van der Waals surface area contributed by atoms with E-state index in [-0.39, 0.29) is 5.41 Å². The monoisotopic (exact) mass is 269 g/mol. The zero-order valence-electron chi connectivity index (χ0n) is 11.5. The highest BCUT2D eigenvalue weighted by Gasteiger charge is 2.34. The molecule has 1 saturated heterocycles. The topological polar surface area (TPSA) is 51.0 Å². The Kier molecular flexibility index (Phi) is 4.67. The molecular weight excluding hydrogens is 246 g/mol. The van der Waals surface area contributed by atoms with Gasteiger partial charge in [0.2, 0.25) is 5.89 Å². The standard InChI is InChI=1S/C13H23N3OS/c1-10(2)7-18-8-11-15-12(17-16-11)13(3)5-4-6-14-9-13/h10,14H,4-9H2,1-3H3. The van der Waals surface area contributed by atoms with Crippen molar-refractivity contribution in [2.75, 3.05) is 18.8 Å². The number of nitrogens with zero attached hydrogens (tertiary/aromatic N) is 2. The Bertz CT molecular complexity index is 372. The predicted molar refractivity (Wildman–Crippen MR) is 74.8 cm³/mol. The maximum absolute atomic E-state index is 5.45. The number of hydrogen-bond donors (Lipinski definition) is 1. The van der Waals surface area contributed by atoms with Crippen LogP contribution in [0.4, 0.5) is 0 Å². The zero-order valence-corrected chi connectivity index (χ0v) is 12.3. The molecule has 0 aliphatic carbocycles. The van der Waals surface area contributed by atoms with Crippen LogP contribution in [0, 0.1) is 5.92 Å². The summed E-state index contributed by atoms with van der Waals surface area (Å²) in [5.41, 5.74) is 0.0201. The third-order valence-corrected chi connectivity index (χ3v) is 4.63. The second-order valence-corrected chi connectivity index (χ2v) is 6.80. The minimum absolute atomic E-state index is 0.0201. The normalized spacial score (nSPS) is 24.7. The number of rotatable bonds is 5. The molecule has 2 rings (SSSR count). The Morgan fingerprint density at radius 1 is 1.50 bits per heavy atom. The van der Waals surface area contributed by atoms with Crippen molar-refractivity contribution >= 4 is 11.8 Å². The number of thioether (sulfide) groups is 1. The van der Waals surface area contributed by atoms with Crippen LogP contribution < -0.4 is 5.32 Å². The summed E-state index contributed by atoms with van der Waals surface area (Å²) in [7, 11) is 0. The Morgan fingerprint density at radius 2 is 2.33 bits per heavy atom. The van der Waals surface area contributed by atoms with E-state index in [4.69, 9.17) is 4.52 Å². The lowest BCUT2D eigenvalue weighted by atomic mass is 9.83. The molecule has 1 aliphatic rings. The van der Waals surface area contributed by atoms with E-state index in [1.54, 1.807) is 0 Å². The van der Waals surface area contributed by atoms with Gasteiger partial charge in [-0.2, -0.15) is 16.7 Å². The number of aromatic nitrogens is 2. The molecular formula is C13H23N3OS. The van der Waals surface area contributed by atoms with Gasteiger partial charge in [-0.05, 0) is 38.0 Å². The van der Waals surface area contributed by atoms with Crippen LogP contribution in [0.25, 0.3) is 0 Å². The Balaban J connectivity index is 1.92. The van der Waals surface area contributed by atoms with E-state index in [1.165, 1.54) is 6.42 Å². The highest BCUT2D eigenvalue weighted by molar-refractivity contribution is 7.98. The molecule has 0 amide bonds. The summed E-state index contributed by atoms with van der Waals surface area (Å²) >= 11 is 1.87. The summed E-state index contributed by atoms with van der Waals surface area (Å²) < 4.78 is 5.45. The quantitative estimate of drug-likeness (QED) is 0.890. The zero-order chi connectivity index (χ0) is 13.0. The fourth-order valence-electron chi connectivity index (χ4n) is 2.18. The van der Waals surface area contributed by atoms with E-state index < -0.39 is 0 Å². The Hall–Kier alpha value is -0.550. The summed E-state index contributed by atoms with van der Waals surface area (Å²) in [6, 6.07) is 0. The molecule has 1 unspecified atom stereocenters. The van der Waals surface area contributed by atoms with Crippen LogP contribution in [0.5, 0.6) is 0 Å². The van der Waals surface area contributed by atoms with Crippen LogP contribution in [-0.2, 0) is 11.2 Å². The minimum Gasteiger partial charge on any atom is -0.339 e. The van der Waals surface area contributed by atoms with Crippen LogP contribution in [0.1, 0.15) is 45.3 Å². The smallest absolute Gasteiger partial charge is 0.233 e. The van der Waals surface area contributed by atoms with Crippen molar-refractivity contribution in [3.8, 4) is 0 Å². The van der Waals surface area contributed by atoms with Crippen LogP contribution >= 0.6 is 11.8 Å². The van der Waals surface area contributed by atoms with Crippen molar-refractivity contribution in [3.63, 3.8) is 0 Å². The first-order valence-corrected chi connectivity index (χ1v) is 7.87. The third kappa shape index (κ3) is 3.48. The van der Waals surface area contributed by atoms with Crippen molar-refractivity contribution in [2.24, 2.45) is 5.92 Å². The lowest BCUT2D eigenvalue weighted by Gasteiger charge is -2.30. The second-order valence-electron chi connectivity index (χ2n) is 5.77. The highest BCUT2D eigenvalue weighted by Crippen LogP contribution is 2.29. The molecule has 4 nitrogen and oxygen atoms in total. The van der Waals surface area contributed by atoms with E-state index >= 15 is 0 Å². The SMILES string of the molecule is CC(C)CSCc1noc(C2(C)CCCNC2)n1. The molecule has 0 spiro atoms. The van der Waals surface area contributed by atoms with Crippen LogP contribution in [0.3, 0.4) is 0 Å². The van der Waals surface area contributed by atoms with Gasteiger partial charge in [-0.1, -0.05) is 19.0 Å². The van der Waals surface area contributed by atoms with Gasteiger partial charge >= 0.3 is 0 Å². The van der Waals surface area contributed by atoms with Crippen LogP contribution in [0.15, 0.2) is 4.52 Å². The summed E-state index contributed by atoms with van der Waals surface area (Å²) in [6.45, 7) is 8.69. The molecule has 0 bridgehead atoms. The minimum atomic E-state index is 0.0201. The van der Waals surface area contributed by atoms with E-state index in [0.29, 0.717) is 5.92 Å². The van der Waals surface area contributed by atoms with Crippen molar-refractivity contribution in [3.05, 3.63) is 11.7 Å². The molecule has 18 heavy (non-hydrogen) atoms. The van der Waals surface area contributed by atoms with Crippen molar-refractivity contribution in [1.82, 2.24) is 15.5 Å². The number of nitrogens with one attached hydrogen (secondary N) is 1. The summed E-state index contributed by atoms with van der Waals surface area (Å²) in [5, 5.41) is 7.51. The van der Waals surface area contributed by atoms with Gasteiger partial charge in [0.15, 0.2) is 5.82 Å². The maximum atomic E-state index is 5.45. The summed E-state index contributed by atoms with van der Waals surface area (Å²) in [4.78, 5) is 4.56. The Labute approximate surface area is 113 Å². The Morgan fingerprint density at radius 3 is 3.00 bits per heavy atom. The first-order chi connectivity index (χ1) is 8.60. The molecule has 1 fully saturated rings. The maximum Gasteiger partial charge on any atom is 0.233 e. The van der Waals surface area contributed by atoms with E-state index in [1.807, 2.05) is 11.8 Å².